The van der Waals surface area contributed by atoms with Crippen LogP contribution in [0.4, 0.5) is 0 Å². The Hall–Kier alpha value is -1.80. The van der Waals surface area contributed by atoms with Crippen LogP contribution >= 0.6 is 11.8 Å². The molecule has 2 aromatic carbocycles. The summed E-state index contributed by atoms with van der Waals surface area (Å²) in [5, 5.41) is 0. The van der Waals surface area contributed by atoms with Crippen LogP contribution in [0.15, 0.2) is 70.5 Å². The Morgan fingerprint density at radius 3 is 2.06 bits per heavy atom. The number of carbonyl (C=O) groups is 1. The average molecular weight is 240 g/mol. The van der Waals surface area contributed by atoms with Gasteiger partial charge in [0.25, 0.3) is 0 Å². The van der Waals surface area contributed by atoms with E-state index in [4.69, 9.17) is 0 Å². The zero-order valence-electron chi connectivity index (χ0n) is 9.24. The van der Waals surface area contributed by atoms with Crippen LogP contribution in [0.5, 0.6) is 0 Å². The van der Waals surface area contributed by atoms with Crippen LogP contribution in [-0.2, 0) is 4.79 Å². The zero-order chi connectivity index (χ0) is 11.9. The van der Waals surface area contributed by atoms with Crippen molar-refractivity contribution in [3.05, 3.63) is 71.1 Å². The summed E-state index contributed by atoms with van der Waals surface area (Å²) in [6.45, 7) is 0. The molecule has 0 unspecified atom stereocenters. The summed E-state index contributed by atoms with van der Waals surface area (Å²) in [6, 6.07) is 19.7. The van der Waals surface area contributed by atoms with E-state index in [1.54, 1.807) is 0 Å². The molecular weight excluding hydrogens is 228 g/mol. The molecule has 1 nitrogen and oxygen atoms in total. The lowest BCUT2D eigenvalue weighted by molar-refractivity contribution is -0.104. The van der Waals surface area contributed by atoms with Gasteiger partial charge in [-0.05, 0) is 23.8 Å². The molecule has 0 bridgehead atoms. The van der Waals surface area contributed by atoms with E-state index in [-0.39, 0.29) is 0 Å². The largest absolute Gasteiger partial charge is 0.297 e. The standard InChI is InChI=1S/C15H12OS/c16-12-15(11-13-7-3-1-4-8-13)17-14-9-5-2-6-10-14/h1-12H/b15-11+. The van der Waals surface area contributed by atoms with Crippen LogP contribution in [0.3, 0.4) is 0 Å². The molecule has 0 amide bonds. The van der Waals surface area contributed by atoms with Crippen LogP contribution in [0.2, 0.25) is 0 Å². The maximum absolute atomic E-state index is 11.0. The van der Waals surface area contributed by atoms with Gasteiger partial charge < -0.3 is 0 Å². The molecular formula is C15H12OS. The van der Waals surface area contributed by atoms with Crippen molar-refractivity contribution in [3.8, 4) is 0 Å². The number of benzene rings is 2. The minimum absolute atomic E-state index is 0.711. The SMILES string of the molecule is O=C/C(=C\c1ccccc1)Sc1ccccc1. The van der Waals surface area contributed by atoms with Gasteiger partial charge in [0.1, 0.15) is 0 Å². The third-order valence-electron chi connectivity index (χ3n) is 2.20. The van der Waals surface area contributed by atoms with Gasteiger partial charge in [0.15, 0.2) is 6.29 Å². The van der Waals surface area contributed by atoms with Gasteiger partial charge in [-0.3, -0.25) is 4.79 Å². The molecule has 0 saturated heterocycles. The van der Waals surface area contributed by atoms with Crippen LogP contribution in [-0.4, -0.2) is 6.29 Å². The van der Waals surface area contributed by atoms with E-state index >= 15 is 0 Å². The molecule has 0 atom stereocenters. The summed E-state index contributed by atoms with van der Waals surface area (Å²) in [5.41, 5.74) is 1.04. The molecule has 0 saturated carbocycles. The molecule has 17 heavy (non-hydrogen) atoms. The first-order chi connectivity index (χ1) is 8.38. The fourth-order valence-electron chi connectivity index (χ4n) is 1.43. The molecule has 0 aliphatic carbocycles. The van der Waals surface area contributed by atoms with Crippen molar-refractivity contribution in [3.63, 3.8) is 0 Å². The molecule has 0 heterocycles. The fourth-order valence-corrected chi connectivity index (χ4v) is 2.23. The van der Waals surface area contributed by atoms with E-state index in [1.165, 1.54) is 11.8 Å². The lowest BCUT2D eigenvalue weighted by Gasteiger charge is -2.00. The Balaban J connectivity index is 2.18. The topological polar surface area (TPSA) is 17.1 Å². The molecule has 84 valence electrons. The Labute approximate surface area is 105 Å². The summed E-state index contributed by atoms with van der Waals surface area (Å²) in [5.74, 6) is 0. The van der Waals surface area contributed by atoms with Gasteiger partial charge in [-0.25, -0.2) is 0 Å². The molecule has 0 spiro atoms. The normalized spacial score (nSPS) is 11.2. The van der Waals surface area contributed by atoms with Gasteiger partial charge in [0.2, 0.25) is 0 Å². The maximum Gasteiger partial charge on any atom is 0.156 e. The summed E-state index contributed by atoms with van der Waals surface area (Å²) in [4.78, 5) is 12.8. The first-order valence-electron chi connectivity index (χ1n) is 5.33. The van der Waals surface area contributed by atoms with Gasteiger partial charge in [-0.1, -0.05) is 60.3 Å². The zero-order valence-corrected chi connectivity index (χ0v) is 10.1. The van der Waals surface area contributed by atoms with Gasteiger partial charge in [-0.2, -0.15) is 0 Å². The smallest absolute Gasteiger partial charge is 0.156 e. The van der Waals surface area contributed by atoms with Crippen molar-refractivity contribution in [2.45, 2.75) is 4.90 Å². The maximum atomic E-state index is 11.0. The van der Waals surface area contributed by atoms with E-state index in [9.17, 15) is 4.79 Å². The third kappa shape index (κ3) is 3.61. The number of carbonyl (C=O) groups excluding carboxylic acids is 1. The van der Waals surface area contributed by atoms with Crippen molar-refractivity contribution < 1.29 is 4.79 Å². The minimum atomic E-state index is 0.711. The predicted octanol–water partition coefficient (Wildman–Crippen LogP) is 4.02. The van der Waals surface area contributed by atoms with Crippen molar-refractivity contribution in [1.29, 1.82) is 0 Å². The third-order valence-corrected chi connectivity index (χ3v) is 3.16. The highest BCUT2D eigenvalue weighted by atomic mass is 32.2. The van der Waals surface area contributed by atoms with Gasteiger partial charge in [0, 0.05) is 4.90 Å². The van der Waals surface area contributed by atoms with E-state index in [1.807, 2.05) is 66.7 Å². The minimum Gasteiger partial charge on any atom is -0.297 e. The van der Waals surface area contributed by atoms with Crippen molar-refractivity contribution >= 4 is 24.1 Å². The number of thioether (sulfide) groups is 1. The van der Waals surface area contributed by atoms with E-state index < -0.39 is 0 Å². The van der Waals surface area contributed by atoms with Gasteiger partial charge >= 0.3 is 0 Å². The second-order valence-corrected chi connectivity index (χ2v) is 4.64. The molecule has 0 aliphatic rings. The first kappa shape index (κ1) is 11.7. The Morgan fingerprint density at radius 2 is 1.47 bits per heavy atom. The van der Waals surface area contributed by atoms with Crippen LogP contribution in [0.25, 0.3) is 6.08 Å². The van der Waals surface area contributed by atoms with Crippen LogP contribution in [0.1, 0.15) is 5.56 Å². The summed E-state index contributed by atoms with van der Waals surface area (Å²) >= 11 is 1.48. The molecule has 0 aromatic heterocycles. The average Bonchev–Trinajstić information content (AvgIpc) is 2.40. The lowest BCUT2D eigenvalue weighted by atomic mass is 10.2. The quantitative estimate of drug-likeness (QED) is 0.456. The molecule has 2 rings (SSSR count). The monoisotopic (exact) mass is 240 g/mol. The molecule has 0 N–H and O–H groups in total. The lowest BCUT2D eigenvalue weighted by Crippen LogP contribution is -1.80. The molecule has 0 aliphatic heterocycles. The molecule has 0 fully saturated rings. The molecule has 2 heteroatoms. The number of hydrogen-bond donors (Lipinski definition) is 0. The number of hydrogen-bond acceptors (Lipinski definition) is 2. The Morgan fingerprint density at radius 1 is 0.882 bits per heavy atom. The van der Waals surface area contributed by atoms with Crippen LogP contribution < -0.4 is 0 Å². The predicted molar refractivity (Wildman–Crippen MR) is 72.8 cm³/mol. The fraction of sp³-hybridized carbons (Fsp3) is 0. The van der Waals surface area contributed by atoms with Crippen molar-refractivity contribution in [2.75, 3.05) is 0 Å². The second-order valence-electron chi connectivity index (χ2n) is 3.49. The highest BCUT2D eigenvalue weighted by molar-refractivity contribution is 8.04. The van der Waals surface area contributed by atoms with Crippen molar-refractivity contribution in [2.24, 2.45) is 0 Å². The number of aldehydes is 1. The summed E-state index contributed by atoms with van der Waals surface area (Å²) in [7, 11) is 0. The molecule has 0 radical (unpaired) electrons. The highest BCUT2D eigenvalue weighted by Gasteiger charge is 1.99. The first-order valence-corrected chi connectivity index (χ1v) is 6.15. The van der Waals surface area contributed by atoms with E-state index in [0.717, 1.165) is 16.7 Å². The number of rotatable bonds is 4. The second kappa shape index (κ2) is 6.06. The van der Waals surface area contributed by atoms with Gasteiger partial charge in [-0.15, -0.1) is 0 Å². The van der Waals surface area contributed by atoms with Crippen molar-refractivity contribution in [1.82, 2.24) is 0 Å². The molecule has 2 aromatic rings. The van der Waals surface area contributed by atoms with Gasteiger partial charge in [0.05, 0.1) is 4.91 Å². The highest BCUT2D eigenvalue weighted by Crippen LogP contribution is 2.26. The summed E-state index contributed by atoms with van der Waals surface area (Å²) in [6.07, 6.45) is 2.79. The van der Waals surface area contributed by atoms with E-state index in [2.05, 4.69) is 0 Å². The van der Waals surface area contributed by atoms with E-state index in [0.29, 0.717) is 4.91 Å². The van der Waals surface area contributed by atoms with Crippen LogP contribution in [0, 0.1) is 0 Å². The summed E-state index contributed by atoms with van der Waals surface area (Å²) < 4.78 is 0. The Kier molecular flexibility index (Phi) is 4.17. The Bertz CT molecular complexity index is 503. The number of allylic oxidation sites excluding steroid dienone is 1.